The first-order valence-electron chi connectivity index (χ1n) is 7.95. The molecule has 2 heterocycles. The van der Waals surface area contributed by atoms with E-state index in [1.165, 1.54) is 11.3 Å². The second-order valence-electron chi connectivity index (χ2n) is 5.76. The number of fused-ring (bicyclic) bond motifs is 1. The second-order valence-corrected chi connectivity index (χ2v) is 6.92. The molecule has 2 N–H and O–H groups in total. The van der Waals surface area contributed by atoms with Crippen LogP contribution < -0.4 is 5.73 Å². The van der Waals surface area contributed by atoms with Crippen molar-refractivity contribution in [1.82, 2.24) is 19.5 Å². The van der Waals surface area contributed by atoms with Crippen molar-refractivity contribution in [3.8, 4) is 0 Å². The molecule has 0 saturated carbocycles. The van der Waals surface area contributed by atoms with Crippen molar-refractivity contribution < 1.29 is 0 Å². The van der Waals surface area contributed by atoms with E-state index < -0.39 is 0 Å². The zero-order chi connectivity index (χ0) is 16.2. The van der Waals surface area contributed by atoms with E-state index in [4.69, 9.17) is 5.73 Å². The summed E-state index contributed by atoms with van der Waals surface area (Å²) in [4.78, 5) is 7.99. The minimum atomic E-state index is 0.659. The molecule has 0 aliphatic heterocycles. The molecule has 0 spiro atoms. The van der Waals surface area contributed by atoms with Gasteiger partial charge in [0.2, 0.25) is 4.96 Å². The van der Waals surface area contributed by atoms with Gasteiger partial charge in [-0.3, -0.25) is 4.90 Å². The Labute approximate surface area is 140 Å². The van der Waals surface area contributed by atoms with E-state index >= 15 is 0 Å². The Morgan fingerprint density at radius 3 is 2.70 bits per heavy atom. The van der Waals surface area contributed by atoms with Crippen molar-refractivity contribution in [2.75, 3.05) is 19.6 Å². The predicted molar refractivity (Wildman–Crippen MR) is 94.8 cm³/mol. The Morgan fingerprint density at radius 2 is 1.96 bits per heavy atom. The summed E-state index contributed by atoms with van der Waals surface area (Å²) in [6.07, 6.45) is 1.03. The van der Waals surface area contributed by atoms with Gasteiger partial charge in [-0.25, -0.2) is 9.50 Å². The highest BCUT2D eigenvalue weighted by molar-refractivity contribution is 7.16. The van der Waals surface area contributed by atoms with Crippen LogP contribution in [0.25, 0.3) is 4.96 Å². The van der Waals surface area contributed by atoms with Crippen molar-refractivity contribution in [2.45, 2.75) is 26.8 Å². The molecule has 0 aliphatic rings. The molecule has 6 heteroatoms. The predicted octanol–water partition coefficient (Wildman–Crippen LogP) is 2.41. The Morgan fingerprint density at radius 1 is 1.17 bits per heavy atom. The molecule has 3 rings (SSSR count). The highest BCUT2D eigenvalue weighted by Gasteiger charge is 2.15. The fourth-order valence-corrected chi connectivity index (χ4v) is 3.57. The van der Waals surface area contributed by atoms with E-state index in [1.54, 1.807) is 11.3 Å². The van der Waals surface area contributed by atoms with Crippen LogP contribution in [0.4, 0.5) is 0 Å². The third-order valence-corrected chi connectivity index (χ3v) is 4.80. The topological polar surface area (TPSA) is 59.5 Å². The molecule has 23 heavy (non-hydrogen) atoms. The summed E-state index contributed by atoms with van der Waals surface area (Å²) in [5, 5.41) is 5.63. The summed E-state index contributed by atoms with van der Waals surface area (Å²) >= 11 is 1.64. The van der Waals surface area contributed by atoms with E-state index in [0.717, 1.165) is 41.7 Å². The molecule has 0 aliphatic carbocycles. The van der Waals surface area contributed by atoms with Crippen molar-refractivity contribution >= 4 is 16.3 Å². The van der Waals surface area contributed by atoms with Gasteiger partial charge < -0.3 is 5.73 Å². The molecule has 0 saturated heterocycles. The summed E-state index contributed by atoms with van der Waals surface area (Å²) in [5.74, 6) is 0. The monoisotopic (exact) mass is 329 g/mol. The van der Waals surface area contributed by atoms with Crippen LogP contribution in [0.2, 0.25) is 0 Å². The Balaban J connectivity index is 1.74. The Hall–Kier alpha value is -1.76. The fraction of sp³-hybridized carbons (Fsp3) is 0.412. The summed E-state index contributed by atoms with van der Waals surface area (Å²) in [6.45, 7) is 7.43. The minimum Gasteiger partial charge on any atom is -0.329 e. The molecule has 0 atom stereocenters. The van der Waals surface area contributed by atoms with Crippen molar-refractivity contribution in [3.05, 3.63) is 52.3 Å². The maximum Gasteiger partial charge on any atom is 0.212 e. The molecule has 0 fully saturated rings. The molecule has 0 amide bonds. The van der Waals surface area contributed by atoms with Gasteiger partial charge in [-0.05, 0) is 25.8 Å². The molecular weight excluding hydrogens is 306 g/mol. The number of nitrogens with zero attached hydrogens (tertiary/aromatic N) is 4. The quantitative estimate of drug-likeness (QED) is 0.723. The lowest BCUT2D eigenvalue weighted by Crippen LogP contribution is -2.31. The van der Waals surface area contributed by atoms with Gasteiger partial charge in [-0.15, -0.1) is 0 Å². The number of aromatic nitrogens is 3. The number of aryl methyl sites for hydroxylation is 2. The van der Waals surface area contributed by atoms with E-state index in [-0.39, 0.29) is 0 Å². The zero-order valence-electron chi connectivity index (χ0n) is 13.7. The first-order chi connectivity index (χ1) is 11.2. The van der Waals surface area contributed by atoms with Gasteiger partial charge in [0.05, 0.1) is 11.4 Å². The molecule has 5 nitrogen and oxygen atoms in total. The van der Waals surface area contributed by atoms with Crippen LogP contribution in [0.3, 0.4) is 0 Å². The number of hydrogen-bond donors (Lipinski definition) is 1. The fourth-order valence-electron chi connectivity index (χ4n) is 2.76. The van der Waals surface area contributed by atoms with Crippen LogP contribution in [0, 0.1) is 13.8 Å². The lowest BCUT2D eigenvalue weighted by Gasteiger charge is -2.21. The second kappa shape index (κ2) is 7.21. The maximum absolute atomic E-state index is 5.80. The van der Waals surface area contributed by atoms with Gasteiger partial charge in [0.1, 0.15) is 5.01 Å². The smallest absolute Gasteiger partial charge is 0.212 e. The molecule has 2 aromatic heterocycles. The molecule has 0 unspecified atom stereocenters. The number of nitrogens with two attached hydrogens (primary N) is 1. The normalized spacial score (nSPS) is 11.7. The van der Waals surface area contributed by atoms with Crippen molar-refractivity contribution in [2.24, 2.45) is 5.73 Å². The molecule has 122 valence electrons. The number of hydrogen-bond acceptors (Lipinski definition) is 5. The third-order valence-electron chi connectivity index (χ3n) is 3.98. The van der Waals surface area contributed by atoms with Crippen molar-refractivity contribution in [1.29, 1.82) is 0 Å². The van der Waals surface area contributed by atoms with Crippen LogP contribution >= 0.6 is 11.3 Å². The van der Waals surface area contributed by atoms with Gasteiger partial charge in [-0.2, -0.15) is 5.10 Å². The molecule has 0 bridgehead atoms. The molecule has 1 aromatic carbocycles. The minimum absolute atomic E-state index is 0.659. The van der Waals surface area contributed by atoms with Crippen molar-refractivity contribution in [3.63, 3.8) is 0 Å². The first-order valence-corrected chi connectivity index (χ1v) is 8.77. The van der Waals surface area contributed by atoms with E-state index in [1.807, 2.05) is 11.4 Å². The SMILES string of the molecule is Cc1nn2c(CN(CCN)CCc3ccccc3)c(C)nc2s1. The Bertz CT molecular complexity index is 762. The number of imidazole rings is 1. The van der Waals surface area contributed by atoms with Crippen LogP contribution in [0.15, 0.2) is 30.3 Å². The van der Waals surface area contributed by atoms with Gasteiger partial charge in [0, 0.05) is 26.2 Å². The van der Waals surface area contributed by atoms with Crippen LogP contribution in [0.5, 0.6) is 0 Å². The molecule has 0 radical (unpaired) electrons. The summed E-state index contributed by atoms with van der Waals surface area (Å²) in [5.41, 5.74) is 9.39. The van der Waals surface area contributed by atoms with Gasteiger partial charge in [0.25, 0.3) is 0 Å². The molecule has 3 aromatic rings. The third kappa shape index (κ3) is 3.77. The van der Waals surface area contributed by atoms with E-state index in [9.17, 15) is 0 Å². The standard InChI is InChI=1S/C17H23N5S/c1-13-16(22-17(19-13)23-14(2)20-22)12-21(11-9-18)10-8-15-6-4-3-5-7-15/h3-7H,8-12,18H2,1-2H3. The highest BCUT2D eigenvalue weighted by Crippen LogP contribution is 2.19. The number of rotatable bonds is 7. The highest BCUT2D eigenvalue weighted by atomic mass is 32.1. The number of benzene rings is 1. The maximum atomic E-state index is 5.80. The van der Waals surface area contributed by atoms with Crippen LogP contribution in [0.1, 0.15) is 22.0 Å². The Kier molecular flexibility index (Phi) is 5.05. The van der Waals surface area contributed by atoms with Gasteiger partial charge >= 0.3 is 0 Å². The van der Waals surface area contributed by atoms with Crippen LogP contribution in [-0.2, 0) is 13.0 Å². The summed E-state index contributed by atoms with van der Waals surface area (Å²) in [7, 11) is 0. The lowest BCUT2D eigenvalue weighted by molar-refractivity contribution is 0.271. The van der Waals surface area contributed by atoms with E-state index in [0.29, 0.717) is 6.54 Å². The summed E-state index contributed by atoms with van der Waals surface area (Å²) < 4.78 is 1.99. The van der Waals surface area contributed by atoms with Gasteiger partial charge in [-0.1, -0.05) is 41.7 Å². The summed E-state index contributed by atoms with van der Waals surface area (Å²) in [6, 6.07) is 10.6. The average Bonchev–Trinajstić information content (AvgIpc) is 3.03. The first kappa shape index (κ1) is 16.1. The van der Waals surface area contributed by atoms with Crippen LogP contribution in [-0.4, -0.2) is 39.1 Å². The molecular formula is C17H23N5S. The van der Waals surface area contributed by atoms with Gasteiger partial charge in [0.15, 0.2) is 0 Å². The average molecular weight is 329 g/mol. The largest absolute Gasteiger partial charge is 0.329 e. The lowest BCUT2D eigenvalue weighted by atomic mass is 10.1. The van der Waals surface area contributed by atoms with E-state index in [2.05, 4.69) is 52.2 Å². The zero-order valence-corrected chi connectivity index (χ0v) is 14.5.